The number of rotatable bonds is 37. The summed E-state index contributed by atoms with van der Waals surface area (Å²) in [5, 5.41) is 10.0. The van der Waals surface area contributed by atoms with Crippen molar-refractivity contribution < 1.29 is 29.0 Å². The summed E-state index contributed by atoms with van der Waals surface area (Å²) in [5.74, 6) is -0.855. The molecule has 0 amide bonds. The Hall–Kier alpha value is -2.47. The first-order valence-corrected chi connectivity index (χ1v) is 20.6. The van der Waals surface area contributed by atoms with Gasteiger partial charge in [-0.25, -0.2) is 0 Å². The zero-order valence-electron chi connectivity index (χ0n) is 32.4. The van der Waals surface area contributed by atoms with Gasteiger partial charge in [0.05, 0.1) is 0 Å². The highest BCUT2D eigenvalue weighted by Crippen LogP contribution is 2.15. The van der Waals surface area contributed by atoms with Gasteiger partial charge in [0.2, 0.25) is 0 Å². The van der Waals surface area contributed by atoms with Crippen molar-refractivity contribution in [2.75, 3.05) is 13.2 Å². The summed E-state index contributed by atoms with van der Waals surface area (Å²) in [6.07, 6.45) is 46.0. The Morgan fingerprint density at radius 2 is 0.900 bits per heavy atom. The molecule has 288 valence electrons. The van der Waals surface area contributed by atoms with E-state index in [1.165, 1.54) is 122 Å². The number of hydrogen-bond acceptors (Lipinski definition) is 6. The predicted octanol–water partition coefficient (Wildman–Crippen LogP) is 12.2. The van der Waals surface area contributed by atoms with Gasteiger partial charge in [-0.05, 0) is 44.6 Å². The van der Waals surface area contributed by atoms with Crippen molar-refractivity contribution >= 4 is 17.7 Å². The molecule has 6 heteroatoms. The molecule has 0 saturated carbocycles. The van der Waals surface area contributed by atoms with Crippen LogP contribution in [0.2, 0.25) is 0 Å². The Balaban J connectivity index is 3.59. The van der Waals surface area contributed by atoms with E-state index in [4.69, 9.17) is 9.47 Å². The van der Waals surface area contributed by atoms with Gasteiger partial charge in [0.15, 0.2) is 5.78 Å². The standard InChI is InChI=1S/C44H76O6/c1-3-5-7-9-11-13-15-17-18-19-20-21-23-25-27-29-31-33-37-43(47)49-39-42(46)40-50-44(48)38-34-36-41(45)35-32-30-28-26-24-22-16-14-12-10-8-6-4-2/h12,14,22,24,28,30,32,35,42,46H,3-11,13,15-21,23,25-27,29,31,33-34,36-40H2,1-2H3/b14-12-,24-22-,30-28-,35-32+/t42-/m0/s1. The van der Waals surface area contributed by atoms with Gasteiger partial charge in [0.25, 0.3) is 0 Å². The highest BCUT2D eigenvalue weighted by atomic mass is 16.6. The molecule has 50 heavy (non-hydrogen) atoms. The number of carbonyl (C=O) groups is 3. The van der Waals surface area contributed by atoms with Crippen molar-refractivity contribution in [1.82, 2.24) is 0 Å². The SMILES string of the molecule is CCCCC/C=C\C/C=C\C/C=C\C=C\C(=O)CCCC(=O)OC[C@@H](O)COC(=O)CCCCCCCCCCCCCCCCCCCC. The first-order valence-electron chi connectivity index (χ1n) is 20.6. The first kappa shape index (κ1) is 47.5. The minimum absolute atomic E-state index is 0.0482. The van der Waals surface area contributed by atoms with E-state index in [2.05, 4.69) is 38.2 Å². The molecule has 0 fully saturated rings. The van der Waals surface area contributed by atoms with Crippen LogP contribution in [0.25, 0.3) is 0 Å². The number of esters is 2. The van der Waals surface area contributed by atoms with Crippen LogP contribution in [0.3, 0.4) is 0 Å². The van der Waals surface area contributed by atoms with Crippen molar-refractivity contribution in [3.05, 3.63) is 48.6 Å². The first-order chi connectivity index (χ1) is 24.5. The molecule has 0 spiro atoms. The second kappa shape index (κ2) is 39.3. The predicted molar refractivity (Wildman–Crippen MR) is 210 cm³/mol. The van der Waals surface area contributed by atoms with E-state index in [9.17, 15) is 19.5 Å². The van der Waals surface area contributed by atoms with Gasteiger partial charge < -0.3 is 14.6 Å². The minimum Gasteiger partial charge on any atom is -0.463 e. The molecule has 0 saturated heterocycles. The normalized spacial score (nSPS) is 12.5. The zero-order valence-corrected chi connectivity index (χ0v) is 32.4. The Kier molecular flexibility index (Phi) is 37.4. The summed E-state index contributed by atoms with van der Waals surface area (Å²) < 4.78 is 10.2. The van der Waals surface area contributed by atoms with Crippen LogP contribution in [-0.2, 0) is 23.9 Å². The molecule has 0 radical (unpaired) electrons. The van der Waals surface area contributed by atoms with Gasteiger partial charge in [-0.3, -0.25) is 14.4 Å². The molecule has 0 unspecified atom stereocenters. The Morgan fingerprint density at radius 1 is 0.480 bits per heavy atom. The number of allylic oxidation sites excluding steroid dienone is 8. The molecular weight excluding hydrogens is 624 g/mol. The third kappa shape index (κ3) is 38.3. The van der Waals surface area contributed by atoms with E-state index >= 15 is 0 Å². The van der Waals surface area contributed by atoms with Crippen LogP contribution in [0, 0.1) is 0 Å². The molecular formula is C44H76O6. The molecule has 0 aromatic rings. The molecule has 0 aliphatic carbocycles. The van der Waals surface area contributed by atoms with Crippen molar-refractivity contribution in [2.45, 2.75) is 200 Å². The van der Waals surface area contributed by atoms with Gasteiger partial charge in [0.1, 0.15) is 19.3 Å². The largest absolute Gasteiger partial charge is 0.463 e. The smallest absolute Gasteiger partial charge is 0.305 e. The Morgan fingerprint density at radius 3 is 1.42 bits per heavy atom. The van der Waals surface area contributed by atoms with E-state index in [1.54, 1.807) is 6.08 Å². The van der Waals surface area contributed by atoms with Gasteiger partial charge in [0, 0.05) is 19.3 Å². The summed E-state index contributed by atoms with van der Waals surface area (Å²) in [4.78, 5) is 35.9. The second-order valence-electron chi connectivity index (χ2n) is 13.8. The monoisotopic (exact) mass is 701 g/mol. The molecule has 0 aliphatic rings. The molecule has 1 atom stereocenters. The fourth-order valence-corrected chi connectivity index (χ4v) is 5.63. The van der Waals surface area contributed by atoms with E-state index in [0.717, 1.165) is 38.5 Å². The average molecular weight is 701 g/mol. The lowest BCUT2D eigenvalue weighted by molar-refractivity contribution is -0.152. The molecule has 0 aromatic carbocycles. The van der Waals surface area contributed by atoms with Crippen LogP contribution in [0.5, 0.6) is 0 Å². The minimum atomic E-state index is -1.05. The molecule has 6 nitrogen and oxygen atoms in total. The van der Waals surface area contributed by atoms with Gasteiger partial charge in [-0.15, -0.1) is 0 Å². The third-order valence-corrected chi connectivity index (χ3v) is 8.79. The quantitative estimate of drug-likeness (QED) is 0.0228. The number of ether oxygens (including phenoxy) is 2. The van der Waals surface area contributed by atoms with E-state index < -0.39 is 12.1 Å². The van der Waals surface area contributed by atoms with Gasteiger partial charge in [-0.2, -0.15) is 0 Å². The van der Waals surface area contributed by atoms with Crippen LogP contribution in [0.1, 0.15) is 194 Å². The van der Waals surface area contributed by atoms with E-state index in [-0.39, 0.29) is 37.8 Å². The van der Waals surface area contributed by atoms with Gasteiger partial charge in [-0.1, -0.05) is 178 Å². The highest BCUT2D eigenvalue weighted by molar-refractivity contribution is 5.90. The van der Waals surface area contributed by atoms with Crippen molar-refractivity contribution in [3.8, 4) is 0 Å². The van der Waals surface area contributed by atoms with Gasteiger partial charge >= 0.3 is 11.9 Å². The molecule has 0 aliphatic heterocycles. The summed E-state index contributed by atoms with van der Waals surface area (Å²) in [5.41, 5.74) is 0. The van der Waals surface area contributed by atoms with E-state index in [0.29, 0.717) is 12.8 Å². The number of aliphatic hydroxyl groups excluding tert-OH is 1. The summed E-state index contributed by atoms with van der Waals surface area (Å²) >= 11 is 0. The van der Waals surface area contributed by atoms with Crippen molar-refractivity contribution in [3.63, 3.8) is 0 Å². The van der Waals surface area contributed by atoms with Crippen molar-refractivity contribution in [2.24, 2.45) is 0 Å². The number of aliphatic hydroxyl groups is 1. The fraction of sp³-hybridized carbons (Fsp3) is 0.750. The lowest BCUT2D eigenvalue weighted by Gasteiger charge is -2.12. The average Bonchev–Trinajstić information content (AvgIpc) is 3.11. The maximum atomic E-state index is 12.0. The zero-order chi connectivity index (χ0) is 36.6. The Labute approximate surface area is 307 Å². The van der Waals surface area contributed by atoms with Crippen LogP contribution >= 0.6 is 0 Å². The van der Waals surface area contributed by atoms with E-state index in [1.807, 2.05) is 12.2 Å². The summed E-state index contributed by atoms with van der Waals surface area (Å²) in [6, 6.07) is 0. The number of hydrogen-bond donors (Lipinski definition) is 1. The number of ketones is 1. The van der Waals surface area contributed by atoms with Crippen LogP contribution < -0.4 is 0 Å². The maximum absolute atomic E-state index is 12.0. The molecule has 1 N–H and O–H groups in total. The lowest BCUT2D eigenvalue weighted by Crippen LogP contribution is -2.25. The highest BCUT2D eigenvalue weighted by Gasteiger charge is 2.12. The number of unbranched alkanes of at least 4 members (excludes halogenated alkanes) is 20. The topological polar surface area (TPSA) is 89.9 Å². The van der Waals surface area contributed by atoms with Crippen LogP contribution in [0.15, 0.2) is 48.6 Å². The Bertz CT molecular complexity index is 902. The number of carbonyl (C=O) groups excluding carboxylic acids is 3. The molecule has 0 rings (SSSR count). The lowest BCUT2D eigenvalue weighted by atomic mass is 10.0. The fourth-order valence-electron chi connectivity index (χ4n) is 5.63. The van der Waals surface area contributed by atoms with Crippen molar-refractivity contribution in [1.29, 1.82) is 0 Å². The van der Waals surface area contributed by atoms with Crippen LogP contribution in [-0.4, -0.2) is 42.1 Å². The maximum Gasteiger partial charge on any atom is 0.305 e. The van der Waals surface area contributed by atoms with Crippen LogP contribution in [0.4, 0.5) is 0 Å². The summed E-state index contributed by atoms with van der Waals surface area (Å²) in [7, 11) is 0. The second-order valence-corrected chi connectivity index (χ2v) is 13.8. The molecule has 0 aromatic heterocycles. The molecule has 0 heterocycles. The third-order valence-electron chi connectivity index (χ3n) is 8.79. The molecule has 0 bridgehead atoms. The summed E-state index contributed by atoms with van der Waals surface area (Å²) in [6.45, 7) is 4.07.